The van der Waals surface area contributed by atoms with Gasteiger partial charge >= 0.3 is 6.09 Å². The number of hydrogen-bond acceptors (Lipinski definition) is 5. The summed E-state index contributed by atoms with van der Waals surface area (Å²) >= 11 is 6.07. The van der Waals surface area contributed by atoms with Crippen molar-refractivity contribution in [3.8, 4) is 0 Å². The average molecular weight is 405 g/mol. The number of carbonyl (C=O) groups excluding carboxylic acids is 2. The minimum absolute atomic E-state index is 0.182. The van der Waals surface area contributed by atoms with Gasteiger partial charge in [-0.2, -0.15) is 5.10 Å². The fourth-order valence-electron chi connectivity index (χ4n) is 2.95. The van der Waals surface area contributed by atoms with Crippen LogP contribution in [-0.2, 0) is 35.6 Å². The highest BCUT2D eigenvalue weighted by Gasteiger charge is 2.24. The van der Waals surface area contributed by atoms with Crippen molar-refractivity contribution in [1.82, 2.24) is 20.0 Å². The van der Waals surface area contributed by atoms with Gasteiger partial charge < -0.3 is 15.0 Å². The van der Waals surface area contributed by atoms with Crippen LogP contribution in [0.25, 0.3) is 0 Å². The molecule has 1 aliphatic heterocycles. The zero-order valence-electron chi connectivity index (χ0n) is 15.5. The highest BCUT2D eigenvalue weighted by Crippen LogP contribution is 2.16. The average Bonchev–Trinajstić information content (AvgIpc) is 2.68. The van der Waals surface area contributed by atoms with E-state index in [4.69, 9.17) is 16.3 Å². The quantitative estimate of drug-likeness (QED) is 0.819. The maximum absolute atomic E-state index is 12.3. The molecule has 2 aromatic rings. The van der Waals surface area contributed by atoms with Crippen molar-refractivity contribution in [3.63, 3.8) is 0 Å². The molecule has 0 saturated heterocycles. The number of halogens is 1. The van der Waals surface area contributed by atoms with Gasteiger partial charge in [0.2, 0.25) is 5.91 Å². The van der Waals surface area contributed by atoms with Crippen LogP contribution in [0.4, 0.5) is 4.79 Å². The molecule has 3 rings (SSSR count). The first-order valence-electron chi connectivity index (χ1n) is 8.99. The summed E-state index contributed by atoms with van der Waals surface area (Å²) in [5.41, 5.74) is 1.79. The lowest BCUT2D eigenvalue weighted by Gasteiger charge is -2.27. The number of rotatable bonds is 5. The normalized spacial score (nSPS) is 13.0. The van der Waals surface area contributed by atoms with E-state index in [9.17, 15) is 14.4 Å². The molecule has 0 atom stereocenters. The van der Waals surface area contributed by atoms with Crippen LogP contribution in [-0.4, -0.2) is 39.8 Å². The standard InChI is InChI=1S/C19H21ClN4O4/c1-2-28-19(27)23-8-7-16-14(11-23)9-18(26)24(22-16)12-17(25)21-10-13-5-3-4-6-15(13)20/h3-6,9H,2,7-8,10-12H2,1H3,(H,21,25). The lowest BCUT2D eigenvalue weighted by molar-refractivity contribution is -0.122. The van der Waals surface area contributed by atoms with Crippen LogP contribution in [0.5, 0.6) is 0 Å². The Bertz CT molecular complexity index is 944. The molecule has 1 aromatic heterocycles. The Morgan fingerprint density at radius 2 is 2.11 bits per heavy atom. The number of ether oxygens (including phenoxy) is 1. The van der Waals surface area contributed by atoms with Crippen molar-refractivity contribution >= 4 is 23.6 Å². The lowest BCUT2D eigenvalue weighted by atomic mass is 10.1. The fraction of sp³-hybridized carbons (Fsp3) is 0.368. The van der Waals surface area contributed by atoms with Gasteiger partial charge in [0.25, 0.3) is 5.56 Å². The van der Waals surface area contributed by atoms with Crippen molar-refractivity contribution in [3.05, 3.63) is 62.5 Å². The number of carbonyl (C=O) groups is 2. The van der Waals surface area contributed by atoms with Gasteiger partial charge in [-0.3, -0.25) is 9.59 Å². The number of benzene rings is 1. The summed E-state index contributed by atoms with van der Waals surface area (Å²) in [6, 6.07) is 8.64. The molecule has 0 unspecified atom stereocenters. The van der Waals surface area contributed by atoms with Crippen LogP contribution >= 0.6 is 11.6 Å². The molecule has 1 aliphatic rings. The molecule has 0 spiro atoms. The van der Waals surface area contributed by atoms with Crippen LogP contribution in [0.1, 0.15) is 23.7 Å². The predicted octanol–water partition coefficient (Wildman–Crippen LogP) is 1.73. The molecule has 0 fully saturated rings. The number of aromatic nitrogens is 2. The van der Waals surface area contributed by atoms with Crippen LogP contribution in [0.3, 0.4) is 0 Å². The molecule has 0 saturated carbocycles. The largest absolute Gasteiger partial charge is 0.450 e. The topological polar surface area (TPSA) is 93.5 Å². The van der Waals surface area contributed by atoms with Gasteiger partial charge in [0.1, 0.15) is 6.54 Å². The van der Waals surface area contributed by atoms with E-state index in [1.807, 2.05) is 18.2 Å². The maximum Gasteiger partial charge on any atom is 0.410 e. The van der Waals surface area contributed by atoms with Gasteiger partial charge in [0.05, 0.1) is 18.8 Å². The van der Waals surface area contributed by atoms with Crippen molar-refractivity contribution in [2.75, 3.05) is 13.2 Å². The van der Waals surface area contributed by atoms with Gasteiger partial charge in [0, 0.05) is 36.2 Å². The fourth-order valence-corrected chi connectivity index (χ4v) is 3.15. The number of fused-ring (bicyclic) bond motifs is 1. The summed E-state index contributed by atoms with van der Waals surface area (Å²) in [5.74, 6) is -0.335. The van der Waals surface area contributed by atoms with Crippen molar-refractivity contribution in [1.29, 1.82) is 0 Å². The molecule has 148 valence electrons. The maximum atomic E-state index is 12.3. The van der Waals surface area contributed by atoms with Crippen molar-refractivity contribution < 1.29 is 14.3 Å². The second kappa shape index (κ2) is 8.88. The number of nitrogens with zero attached hydrogens (tertiary/aromatic N) is 3. The molecule has 28 heavy (non-hydrogen) atoms. The van der Waals surface area contributed by atoms with Crippen LogP contribution < -0.4 is 10.9 Å². The van der Waals surface area contributed by atoms with E-state index in [2.05, 4.69) is 10.4 Å². The van der Waals surface area contributed by atoms with E-state index in [-0.39, 0.29) is 25.5 Å². The van der Waals surface area contributed by atoms with E-state index in [0.717, 1.165) is 10.2 Å². The van der Waals surface area contributed by atoms with Crippen LogP contribution in [0.2, 0.25) is 5.02 Å². The molecule has 0 aliphatic carbocycles. The van der Waals surface area contributed by atoms with E-state index >= 15 is 0 Å². The molecule has 2 heterocycles. The first kappa shape index (κ1) is 19.9. The Hall–Kier alpha value is -2.87. The van der Waals surface area contributed by atoms with Gasteiger partial charge in [-0.15, -0.1) is 0 Å². The van der Waals surface area contributed by atoms with E-state index in [1.54, 1.807) is 13.0 Å². The molecule has 2 amide bonds. The number of hydrogen-bond donors (Lipinski definition) is 1. The summed E-state index contributed by atoms with van der Waals surface area (Å²) in [6.45, 7) is 2.86. The monoisotopic (exact) mass is 404 g/mol. The van der Waals surface area contributed by atoms with Crippen molar-refractivity contribution in [2.24, 2.45) is 0 Å². The third-order valence-electron chi connectivity index (χ3n) is 4.40. The molecule has 1 aromatic carbocycles. The minimum Gasteiger partial charge on any atom is -0.450 e. The summed E-state index contributed by atoms with van der Waals surface area (Å²) in [7, 11) is 0. The van der Waals surface area contributed by atoms with E-state index in [1.165, 1.54) is 11.0 Å². The van der Waals surface area contributed by atoms with Gasteiger partial charge in [-0.1, -0.05) is 29.8 Å². The zero-order chi connectivity index (χ0) is 20.1. The highest BCUT2D eigenvalue weighted by molar-refractivity contribution is 6.31. The summed E-state index contributed by atoms with van der Waals surface area (Å²) < 4.78 is 6.14. The van der Waals surface area contributed by atoms with Gasteiger partial charge in [-0.25, -0.2) is 9.48 Å². The lowest BCUT2D eigenvalue weighted by Crippen LogP contribution is -2.40. The summed E-state index contributed by atoms with van der Waals surface area (Å²) in [5, 5.41) is 7.61. The molecular weight excluding hydrogens is 384 g/mol. The smallest absolute Gasteiger partial charge is 0.410 e. The molecule has 0 radical (unpaired) electrons. The van der Waals surface area contributed by atoms with Crippen molar-refractivity contribution in [2.45, 2.75) is 33.0 Å². The second-order valence-corrected chi connectivity index (χ2v) is 6.76. The first-order chi connectivity index (χ1) is 13.5. The van der Waals surface area contributed by atoms with E-state index < -0.39 is 11.7 Å². The Morgan fingerprint density at radius 3 is 2.86 bits per heavy atom. The first-order valence-corrected chi connectivity index (χ1v) is 9.37. The SMILES string of the molecule is CCOC(=O)N1CCc2nn(CC(=O)NCc3ccccc3Cl)c(=O)cc2C1. The second-order valence-electron chi connectivity index (χ2n) is 6.35. The predicted molar refractivity (Wildman–Crippen MR) is 103 cm³/mol. The third-order valence-corrected chi connectivity index (χ3v) is 4.77. The Morgan fingerprint density at radius 1 is 1.32 bits per heavy atom. The summed E-state index contributed by atoms with van der Waals surface area (Å²) in [6.07, 6.45) is 0.0895. The Kier molecular flexibility index (Phi) is 6.30. The number of nitrogens with one attached hydrogen (secondary N) is 1. The van der Waals surface area contributed by atoms with Gasteiger partial charge in [-0.05, 0) is 18.6 Å². The minimum atomic E-state index is -0.406. The number of amides is 2. The molecular formula is C19H21ClN4O4. The van der Waals surface area contributed by atoms with Gasteiger partial charge in [0.15, 0.2) is 0 Å². The Labute approximate surface area is 167 Å². The molecule has 0 bridgehead atoms. The molecule has 8 nitrogen and oxygen atoms in total. The highest BCUT2D eigenvalue weighted by atomic mass is 35.5. The molecule has 1 N–H and O–H groups in total. The van der Waals surface area contributed by atoms with Crippen LogP contribution in [0, 0.1) is 0 Å². The zero-order valence-corrected chi connectivity index (χ0v) is 16.2. The van der Waals surface area contributed by atoms with E-state index in [0.29, 0.717) is 35.9 Å². The Balaban J connectivity index is 1.64. The van der Waals surface area contributed by atoms with Crippen LogP contribution in [0.15, 0.2) is 35.1 Å². The third kappa shape index (κ3) is 4.69. The summed E-state index contributed by atoms with van der Waals surface area (Å²) in [4.78, 5) is 37.9. The molecule has 9 heteroatoms.